The van der Waals surface area contributed by atoms with Gasteiger partial charge in [0.1, 0.15) is 6.04 Å². The highest BCUT2D eigenvalue weighted by atomic mass is 16.5. The number of ether oxygens (including phenoxy) is 1. The van der Waals surface area contributed by atoms with Gasteiger partial charge in [-0.15, -0.1) is 0 Å². The first-order valence-electron chi connectivity index (χ1n) is 4.74. The Hall–Kier alpha value is -0.870. The Morgan fingerprint density at radius 1 is 1.57 bits per heavy atom. The minimum Gasteiger partial charge on any atom is -0.480 e. The molecule has 0 aliphatic heterocycles. The highest BCUT2D eigenvalue weighted by Crippen LogP contribution is 2.00. The Morgan fingerprint density at radius 2 is 2.21 bits per heavy atom. The fourth-order valence-electron chi connectivity index (χ4n) is 0.938. The van der Waals surface area contributed by atoms with Crippen LogP contribution in [0.25, 0.3) is 0 Å². The number of nitrogens with two attached hydrogens (primary N) is 1. The van der Waals surface area contributed by atoms with E-state index < -0.39 is 12.0 Å². The van der Waals surface area contributed by atoms with E-state index in [4.69, 9.17) is 15.6 Å². The second-order valence-corrected chi connectivity index (χ2v) is 3.45. The van der Waals surface area contributed by atoms with Crippen molar-refractivity contribution in [2.75, 3.05) is 13.2 Å². The van der Waals surface area contributed by atoms with Gasteiger partial charge in [0.25, 0.3) is 0 Å². The number of hydrogen-bond acceptors (Lipinski definition) is 3. The average Bonchev–Trinajstić information content (AvgIpc) is 2.09. The van der Waals surface area contributed by atoms with Crippen LogP contribution in [0.4, 0.5) is 0 Å². The molecular weight excluding hydrogens is 182 g/mol. The fourth-order valence-corrected chi connectivity index (χ4v) is 0.938. The van der Waals surface area contributed by atoms with Crippen molar-refractivity contribution >= 4 is 5.97 Å². The van der Waals surface area contributed by atoms with Gasteiger partial charge in [-0.3, -0.25) is 4.79 Å². The Labute approximate surface area is 84.7 Å². The number of aliphatic carboxylic acids is 1. The maximum atomic E-state index is 10.3. The summed E-state index contributed by atoms with van der Waals surface area (Å²) in [5.41, 5.74) is 6.32. The topological polar surface area (TPSA) is 72.5 Å². The molecule has 4 heteroatoms. The zero-order chi connectivity index (χ0) is 11.0. The third-order valence-corrected chi connectivity index (χ3v) is 1.72. The average molecular weight is 201 g/mol. The van der Waals surface area contributed by atoms with Crippen molar-refractivity contribution in [2.45, 2.75) is 32.2 Å². The van der Waals surface area contributed by atoms with Crippen molar-refractivity contribution in [2.24, 2.45) is 5.73 Å². The summed E-state index contributed by atoms with van der Waals surface area (Å²) in [5, 5.41) is 8.49. The quantitative estimate of drug-likeness (QED) is 0.456. The Balaban J connectivity index is 3.21. The van der Waals surface area contributed by atoms with Gasteiger partial charge in [-0.25, -0.2) is 0 Å². The van der Waals surface area contributed by atoms with Gasteiger partial charge in [-0.05, 0) is 26.2 Å². The number of hydrogen-bond donors (Lipinski definition) is 2. The van der Waals surface area contributed by atoms with Gasteiger partial charge in [0, 0.05) is 6.61 Å². The number of carboxylic acid groups (broad SMARTS) is 1. The van der Waals surface area contributed by atoms with E-state index in [2.05, 4.69) is 6.58 Å². The molecule has 82 valence electrons. The molecule has 0 saturated carbocycles. The molecule has 0 saturated heterocycles. The molecule has 0 heterocycles. The SMILES string of the molecule is C=C(C)COCCCCC(N)C(=O)O. The van der Waals surface area contributed by atoms with E-state index >= 15 is 0 Å². The van der Waals surface area contributed by atoms with Gasteiger partial charge in [0.2, 0.25) is 0 Å². The van der Waals surface area contributed by atoms with Crippen LogP contribution in [0.15, 0.2) is 12.2 Å². The van der Waals surface area contributed by atoms with Crippen LogP contribution in [0.2, 0.25) is 0 Å². The van der Waals surface area contributed by atoms with Crippen LogP contribution in [0.1, 0.15) is 26.2 Å². The second kappa shape index (κ2) is 7.53. The van der Waals surface area contributed by atoms with Crippen molar-refractivity contribution in [3.63, 3.8) is 0 Å². The predicted molar refractivity (Wildman–Crippen MR) is 55.1 cm³/mol. The molecule has 0 bridgehead atoms. The van der Waals surface area contributed by atoms with Crippen molar-refractivity contribution in [1.82, 2.24) is 0 Å². The molecule has 0 radical (unpaired) electrons. The molecule has 1 atom stereocenters. The first-order chi connectivity index (χ1) is 6.54. The molecule has 0 aliphatic rings. The van der Waals surface area contributed by atoms with Crippen molar-refractivity contribution in [1.29, 1.82) is 0 Å². The van der Waals surface area contributed by atoms with Crippen molar-refractivity contribution in [3.05, 3.63) is 12.2 Å². The van der Waals surface area contributed by atoms with Gasteiger partial charge in [-0.2, -0.15) is 0 Å². The van der Waals surface area contributed by atoms with Crippen LogP contribution in [-0.2, 0) is 9.53 Å². The van der Waals surface area contributed by atoms with Crippen molar-refractivity contribution < 1.29 is 14.6 Å². The molecule has 0 aliphatic carbocycles. The highest BCUT2D eigenvalue weighted by molar-refractivity contribution is 5.72. The summed E-state index contributed by atoms with van der Waals surface area (Å²) in [4.78, 5) is 10.3. The summed E-state index contributed by atoms with van der Waals surface area (Å²) >= 11 is 0. The lowest BCUT2D eigenvalue weighted by molar-refractivity contribution is -0.138. The predicted octanol–water partition coefficient (Wildman–Crippen LogP) is 1.16. The van der Waals surface area contributed by atoms with Crippen LogP contribution < -0.4 is 5.73 Å². The van der Waals surface area contributed by atoms with Crippen LogP contribution in [0.3, 0.4) is 0 Å². The lowest BCUT2D eigenvalue weighted by Gasteiger charge is -2.06. The molecule has 14 heavy (non-hydrogen) atoms. The van der Waals surface area contributed by atoms with E-state index in [0.717, 1.165) is 18.4 Å². The monoisotopic (exact) mass is 201 g/mol. The zero-order valence-electron chi connectivity index (χ0n) is 8.66. The molecule has 0 aromatic rings. The highest BCUT2D eigenvalue weighted by Gasteiger charge is 2.09. The third kappa shape index (κ3) is 7.76. The Morgan fingerprint density at radius 3 is 2.71 bits per heavy atom. The van der Waals surface area contributed by atoms with E-state index in [-0.39, 0.29) is 0 Å². The first-order valence-corrected chi connectivity index (χ1v) is 4.74. The molecule has 0 spiro atoms. The normalized spacial score (nSPS) is 12.4. The smallest absolute Gasteiger partial charge is 0.320 e. The Kier molecular flexibility index (Phi) is 7.06. The minimum absolute atomic E-state index is 0.506. The van der Waals surface area contributed by atoms with Crippen LogP contribution in [-0.4, -0.2) is 30.3 Å². The number of rotatable bonds is 8. The van der Waals surface area contributed by atoms with E-state index in [1.807, 2.05) is 6.92 Å². The van der Waals surface area contributed by atoms with E-state index in [0.29, 0.717) is 19.6 Å². The molecule has 1 unspecified atom stereocenters. The lowest BCUT2D eigenvalue weighted by atomic mass is 10.1. The van der Waals surface area contributed by atoms with E-state index in [1.165, 1.54) is 0 Å². The maximum absolute atomic E-state index is 10.3. The summed E-state index contributed by atoms with van der Waals surface area (Å²) in [6.07, 6.45) is 2.13. The molecule has 3 N–H and O–H groups in total. The van der Waals surface area contributed by atoms with Gasteiger partial charge < -0.3 is 15.6 Å². The van der Waals surface area contributed by atoms with Gasteiger partial charge >= 0.3 is 5.97 Å². The van der Waals surface area contributed by atoms with E-state index in [1.54, 1.807) is 0 Å². The number of carboxylic acids is 1. The molecule has 0 fully saturated rings. The first kappa shape index (κ1) is 13.1. The lowest BCUT2D eigenvalue weighted by Crippen LogP contribution is -2.29. The second-order valence-electron chi connectivity index (χ2n) is 3.45. The minimum atomic E-state index is -0.937. The molecule has 0 aromatic carbocycles. The molecule has 4 nitrogen and oxygen atoms in total. The summed E-state index contributed by atoms with van der Waals surface area (Å²) in [6, 6.07) is -0.740. The Bertz CT molecular complexity index is 192. The summed E-state index contributed by atoms with van der Waals surface area (Å²) in [5.74, 6) is -0.937. The number of unbranched alkanes of at least 4 members (excludes halogenated alkanes) is 1. The van der Waals surface area contributed by atoms with Crippen molar-refractivity contribution in [3.8, 4) is 0 Å². The van der Waals surface area contributed by atoms with Gasteiger partial charge in [0.15, 0.2) is 0 Å². The molecule has 0 amide bonds. The largest absolute Gasteiger partial charge is 0.480 e. The fraction of sp³-hybridized carbons (Fsp3) is 0.700. The summed E-state index contributed by atoms with van der Waals surface area (Å²) in [6.45, 7) is 6.82. The van der Waals surface area contributed by atoms with Gasteiger partial charge in [-0.1, -0.05) is 12.2 Å². The van der Waals surface area contributed by atoms with Crippen LogP contribution >= 0.6 is 0 Å². The van der Waals surface area contributed by atoms with Crippen LogP contribution in [0, 0.1) is 0 Å². The standard InChI is InChI=1S/C10H19NO3/c1-8(2)7-14-6-4-3-5-9(11)10(12)13/h9H,1,3-7,11H2,2H3,(H,12,13). The maximum Gasteiger partial charge on any atom is 0.320 e. The molecular formula is C10H19NO3. The third-order valence-electron chi connectivity index (χ3n) is 1.72. The van der Waals surface area contributed by atoms with Gasteiger partial charge in [0.05, 0.1) is 6.61 Å². The van der Waals surface area contributed by atoms with Crippen LogP contribution in [0.5, 0.6) is 0 Å². The molecule has 0 rings (SSSR count). The summed E-state index contributed by atoms with van der Waals surface area (Å²) < 4.78 is 5.25. The number of carbonyl (C=O) groups is 1. The zero-order valence-corrected chi connectivity index (χ0v) is 8.66. The van der Waals surface area contributed by atoms with E-state index in [9.17, 15) is 4.79 Å². The summed E-state index contributed by atoms with van der Waals surface area (Å²) in [7, 11) is 0. The molecule has 0 aromatic heterocycles.